The average Bonchev–Trinajstić information content (AvgIpc) is 2.52. The number of ether oxygens (including phenoxy) is 1. The molecule has 1 aromatic heterocycles. The fraction of sp³-hybridized carbons (Fsp3) is 0.353. The second-order valence-corrected chi connectivity index (χ2v) is 6.24. The number of esters is 1. The van der Waals surface area contributed by atoms with E-state index in [1.165, 1.54) is 19.1 Å². The van der Waals surface area contributed by atoms with E-state index >= 15 is 0 Å². The van der Waals surface area contributed by atoms with Gasteiger partial charge in [-0.3, -0.25) is 9.59 Å². The maximum atomic E-state index is 12.1. The van der Waals surface area contributed by atoms with Crippen LogP contribution in [-0.2, 0) is 9.53 Å². The molecule has 1 N–H and O–H groups in total. The Hall–Kier alpha value is -2.34. The molecule has 0 radical (unpaired) electrons. The lowest BCUT2D eigenvalue weighted by atomic mass is 10.2. The molecule has 0 unspecified atom stereocenters. The van der Waals surface area contributed by atoms with Gasteiger partial charge in [-0.25, -0.2) is 4.79 Å². The third kappa shape index (κ3) is 4.35. The first-order valence-electron chi connectivity index (χ1n) is 7.50. The number of nitrogens with one attached hydrogen (secondary N) is 1. The fourth-order valence-corrected chi connectivity index (χ4v) is 2.12. The summed E-state index contributed by atoms with van der Waals surface area (Å²) >= 11 is 5.83. The first-order chi connectivity index (χ1) is 11.3. The Morgan fingerprint density at radius 3 is 2.62 bits per heavy atom. The Morgan fingerprint density at radius 1 is 1.25 bits per heavy atom. The van der Waals surface area contributed by atoms with Gasteiger partial charge in [0.2, 0.25) is 5.76 Å². The van der Waals surface area contributed by atoms with Crippen molar-refractivity contribution in [2.45, 2.75) is 26.9 Å². The maximum absolute atomic E-state index is 12.1. The highest BCUT2D eigenvalue weighted by Crippen LogP contribution is 2.18. The van der Waals surface area contributed by atoms with Gasteiger partial charge in [-0.1, -0.05) is 25.4 Å². The molecule has 24 heavy (non-hydrogen) atoms. The largest absolute Gasteiger partial charge is 0.449 e. The van der Waals surface area contributed by atoms with E-state index in [0.717, 1.165) is 6.07 Å². The van der Waals surface area contributed by atoms with Gasteiger partial charge in [-0.05, 0) is 31.0 Å². The highest BCUT2D eigenvalue weighted by Gasteiger charge is 2.21. The molecule has 6 nitrogen and oxygen atoms in total. The third-order valence-corrected chi connectivity index (χ3v) is 3.46. The summed E-state index contributed by atoms with van der Waals surface area (Å²) in [6.45, 7) is 5.83. The standard InChI is InChI=1S/C17H18ClNO5/c1-9(2)8-19-16(21)10(3)23-17(22)15-7-13(20)12-6-11(18)4-5-14(12)24-15/h4-7,9-10H,8H2,1-3H3,(H,19,21)/t10-/m1/s1. The minimum Gasteiger partial charge on any atom is -0.449 e. The van der Waals surface area contributed by atoms with E-state index in [1.807, 2.05) is 13.8 Å². The first kappa shape index (κ1) is 18.0. The van der Waals surface area contributed by atoms with Crippen LogP contribution in [0.25, 0.3) is 11.0 Å². The van der Waals surface area contributed by atoms with Gasteiger partial charge in [0, 0.05) is 17.6 Å². The van der Waals surface area contributed by atoms with Crippen molar-refractivity contribution in [3.05, 3.63) is 45.3 Å². The highest BCUT2D eigenvalue weighted by atomic mass is 35.5. The second-order valence-electron chi connectivity index (χ2n) is 5.80. The molecule has 7 heteroatoms. The zero-order valence-electron chi connectivity index (χ0n) is 13.6. The average molecular weight is 352 g/mol. The molecule has 1 aromatic carbocycles. The van der Waals surface area contributed by atoms with Crippen molar-refractivity contribution >= 4 is 34.4 Å². The van der Waals surface area contributed by atoms with Crippen LogP contribution in [0, 0.1) is 5.92 Å². The lowest BCUT2D eigenvalue weighted by Gasteiger charge is -2.14. The number of fused-ring (bicyclic) bond motifs is 1. The molecule has 1 atom stereocenters. The summed E-state index contributed by atoms with van der Waals surface area (Å²) in [6, 6.07) is 5.53. The number of hydrogen-bond donors (Lipinski definition) is 1. The summed E-state index contributed by atoms with van der Waals surface area (Å²) in [7, 11) is 0. The fourth-order valence-electron chi connectivity index (χ4n) is 1.95. The number of carbonyl (C=O) groups excluding carboxylic acids is 2. The topological polar surface area (TPSA) is 85.6 Å². The number of amides is 1. The van der Waals surface area contributed by atoms with Crippen LogP contribution in [-0.4, -0.2) is 24.5 Å². The molecule has 0 aliphatic rings. The number of hydrogen-bond acceptors (Lipinski definition) is 5. The minimum absolute atomic E-state index is 0.218. The van der Waals surface area contributed by atoms with Crippen LogP contribution >= 0.6 is 11.6 Å². The van der Waals surface area contributed by atoms with E-state index < -0.39 is 23.4 Å². The van der Waals surface area contributed by atoms with Gasteiger partial charge in [-0.15, -0.1) is 0 Å². The molecule has 0 bridgehead atoms. The third-order valence-electron chi connectivity index (χ3n) is 3.23. The van der Waals surface area contributed by atoms with E-state index in [-0.39, 0.29) is 22.6 Å². The van der Waals surface area contributed by atoms with Gasteiger partial charge in [-0.2, -0.15) is 0 Å². The lowest BCUT2D eigenvalue weighted by Crippen LogP contribution is -2.37. The normalized spacial score (nSPS) is 12.2. The van der Waals surface area contributed by atoms with Crippen LogP contribution in [0.15, 0.2) is 33.5 Å². The van der Waals surface area contributed by atoms with E-state index in [1.54, 1.807) is 6.07 Å². The Bertz CT molecular complexity index is 827. The minimum atomic E-state index is -0.998. The van der Waals surface area contributed by atoms with Crippen molar-refractivity contribution in [1.29, 1.82) is 0 Å². The van der Waals surface area contributed by atoms with Gasteiger partial charge >= 0.3 is 5.97 Å². The predicted octanol–water partition coefficient (Wildman–Crippen LogP) is 2.76. The summed E-state index contributed by atoms with van der Waals surface area (Å²) in [4.78, 5) is 36.0. The van der Waals surface area contributed by atoms with Crippen LogP contribution in [0.2, 0.25) is 5.02 Å². The molecule has 0 spiro atoms. The van der Waals surface area contributed by atoms with Crippen LogP contribution in [0.5, 0.6) is 0 Å². The van der Waals surface area contributed by atoms with Crippen LogP contribution in [0.1, 0.15) is 31.3 Å². The molecular formula is C17H18ClNO5. The molecule has 0 aliphatic carbocycles. The number of halogens is 1. The Morgan fingerprint density at radius 2 is 1.96 bits per heavy atom. The predicted molar refractivity (Wildman–Crippen MR) is 90.2 cm³/mol. The number of rotatable bonds is 5. The van der Waals surface area contributed by atoms with Crippen molar-refractivity contribution in [3.63, 3.8) is 0 Å². The Kier molecular flexibility index (Phi) is 5.62. The van der Waals surface area contributed by atoms with Gasteiger partial charge in [0.15, 0.2) is 11.5 Å². The molecule has 0 fully saturated rings. The van der Waals surface area contributed by atoms with Gasteiger partial charge in [0.25, 0.3) is 5.91 Å². The van der Waals surface area contributed by atoms with Crippen molar-refractivity contribution < 1.29 is 18.7 Å². The zero-order valence-corrected chi connectivity index (χ0v) is 14.3. The van der Waals surface area contributed by atoms with Crippen molar-refractivity contribution in [2.24, 2.45) is 5.92 Å². The highest BCUT2D eigenvalue weighted by molar-refractivity contribution is 6.31. The summed E-state index contributed by atoms with van der Waals surface area (Å²) in [5.41, 5.74) is -0.196. The molecule has 1 heterocycles. The molecule has 1 amide bonds. The molecule has 0 saturated carbocycles. The quantitative estimate of drug-likeness (QED) is 0.837. The smallest absolute Gasteiger partial charge is 0.375 e. The van der Waals surface area contributed by atoms with Crippen LogP contribution < -0.4 is 10.7 Å². The van der Waals surface area contributed by atoms with Gasteiger partial charge in [0.05, 0.1) is 5.39 Å². The zero-order chi connectivity index (χ0) is 17.9. The molecule has 128 valence electrons. The van der Waals surface area contributed by atoms with Crippen molar-refractivity contribution in [3.8, 4) is 0 Å². The number of carbonyl (C=O) groups is 2. The van der Waals surface area contributed by atoms with Crippen molar-refractivity contribution in [2.75, 3.05) is 6.54 Å². The SMILES string of the molecule is CC(C)CNC(=O)[C@@H](C)OC(=O)c1cc(=O)c2cc(Cl)ccc2o1. The van der Waals surface area contributed by atoms with E-state index in [0.29, 0.717) is 11.6 Å². The lowest BCUT2D eigenvalue weighted by molar-refractivity contribution is -0.129. The van der Waals surface area contributed by atoms with E-state index in [2.05, 4.69) is 5.32 Å². The van der Waals surface area contributed by atoms with E-state index in [4.69, 9.17) is 20.8 Å². The first-order valence-corrected chi connectivity index (χ1v) is 7.88. The number of benzene rings is 1. The Balaban J connectivity index is 2.15. The summed E-state index contributed by atoms with van der Waals surface area (Å²) in [5.74, 6) is -1.27. The van der Waals surface area contributed by atoms with Crippen molar-refractivity contribution in [1.82, 2.24) is 5.32 Å². The molecule has 2 rings (SSSR count). The van der Waals surface area contributed by atoms with Gasteiger partial charge in [0.1, 0.15) is 5.58 Å². The van der Waals surface area contributed by atoms with Gasteiger partial charge < -0.3 is 14.5 Å². The monoisotopic (exact) mass is 351 g/mol. The van der Waals surface area contributed by atoms with E-state index in [9.17, 15) is 14.4 Å². The molecule has 2 aromatic rings. The summed E-state index contributed by atoms with van der Waals surface area (Å²) < 4.78 is 10.4. The molecule has 0 aliphatic heterocycles. The molecule has 0 saturated heterocycles. The van der Waals surface area contributed by atoms with Crippen LogP contribution in [0.3, 0.4) is 0 Å². The maximum Gasteiger partial charge on any atom is 0.375 e. The molecular weight excluding hydrogens is 334 g/mol. The Labute approximate surface area is 143 Å². The second kappa shape index (κ2) is 7.49. The van der Waals surface area contributed by atoms with Crippen LogP contribution in [0.4, 0.5) is 0 Å². The summed E-state index contributed by atoms with van der Waals surface area (Å²) in [6.07, 6.45) is -0.998. The summed E-state index contributed by atoms with van der Waals surface area (Å²) in [5, 5.41) is 3.32.